The van der Waals surface area contributed by atoms with Gasteiger partial charge in [-0.3, -0.25) is 4.79 Å². The predicted octanol–water partition coefficient (Wildman–Crippen LogP) is 2.94. The smallest absolute Gasteiger partial charge is 0.319 e. The van der Waals surface area contributed by atoms with Crippen molar-refractivity contribution in [3.8, 4) is 11.5 Å². The maximum absolute atomic E-state index is 12.1. The third-order valence-corrected chi connectivity index (χ3v) is 4.53. The highest BCUT2D eigenvalue weighted by Crippen LogP contribution is 2.21. The van der Waals surface area contributed by atoms with Gasteiger partial charge in [0.2, 0.25) is 5.91 Å². The lowest BCUT2D eigenvalue weighted by atomic mass is 10.2. The molecule has 3 rings (SSSR count). The van der Waals surface area contributed by atoms with Crippen molar-refractivity contribution in [2.75, 3.05) is 39.7 Å². The van der Waals surface area contributed by atoms with Crippen molar-refractivity contribution in [2.24, 2.45) is 0 Å². The minimum Gasteiger partial charge on any atom is -0.497 e. The highest BCUT2D eigenvalue weighted by Gasteiger charge is 2.09. The number of nitrogens with one attached hydrogen (secondary N) is 2. The van der Waals surface area contributed by atoms with Crippen molar-refractivity contribution in [3.05, 3.63) is 54.7 Å². The van der Waals surface area contributed by atoms with Crippen LogP contribution in [0.25, 0.3) is 10.9 Å². The monoisotopic (exact) mass is 410 g/mol. The van der Waals surface area contributed by atoms with E-state index in [0.717, 1.165) is 10.9 Å². The van der Waals surface area contributed by atoms with Crippen molar-refractivity contribution in [1.29, 1.82) is 0 Å². The maximum atomic E-state index is 12.1. The molecule has 0 aliphatic heterocycles. The molecule has 2 aromatic carbocycles. The van der Waals surface area contributed by atoms with E-state index in [2.05, 4.69) is 10.6 Å². The summed E-state index contributed by atoms with van der Waals surface area (Å²) in [6, 6.07) is 14.5. The number of hydrogen-bond donors (Lipinski definition) is 2. The van der Waals surface area contributed by atoms with Gasteiger partial charge < -0.3 is 29.6 Å². The number of methoxy groups -OCH3 is 1. The highest BCUT2D eigenvalue weighted by atomic mass is 16.5. The molecule has 0 spiro atoms. The number of ether oxygens (including phenoxy) is 2. The number of urea groups is 1. The summed E-state index contributed by atoms with van der Waals surface area (Å²) in [7, 11) is 5.06. The van der Waals surface area contributed by atoms with Crippen molar-refractivity contribution in [2.45, 2.75) is 6.54 Å². The van der Waals surface area contributed by atoms with Crippen LogP contribution in [0, 0.1) is 0 Å². The molecule has 8 heteroatoms. The van der Waals surface area contributed by atoms with Crippen LogP contribution in [-0.2, 0) is 11.3 Å². The molecule has 0 fully saturated rings. The van der Waals surface area contributed by atoms with E-state index in [-0.39, 0.29) is 18.5 Å². The molecule has 0 radical (unpaired) electrons. The molecule has 0 atom stereocenters. The van der Waals surface area contributed by atoms with Gasteiger partial charge in [0.25, 0.3) is 0 Å². The molecule has 0 unspecified atom stereocenters. The Bertz CT molecular complexity index is 1030. The molecular weight excluding hydrogens is 384 g/mol. The molecule has 3 aromatic rings. The summed E-state index contributed by atoms with van der Waals surface area (Å²) in [6.45, 7) is 0.966. The summed E-state index contributed by atoms with van der Waals surface area (Å²) in [4.78, 5) is 25.6. The normalized spacial score (nSPS) is 10.5. The third kappa shape index (κ3) is 5.44. The Balaban J connectivity index is 1.49. The Morgan fingerprint density at radius 2 is 1.87 bits per heavy atom. The first-order valence-corrected chi connectivity index (χ1v) is 9.57. The maximum Gasteiger partial charge on any atom is 0.319 e. The molecule has 0 aliphatic rings. The molecule has 1 heterocycles. The summed E-state index contributed by atoms with van der Waals surface area (Å²) in [6.07, 6.45) is 1.87. The van der Waals surface area contributed by atoms with Crippen molar-refractivity contribution < 1.29 is 19.1 Å². The number of amides is 3. The second-order valence-corrected chi connectivity index (χ2v) is 6.91. The Hall–Kier alpha value is -3.68. The Morgan fingerprint density at radius 3 is 2.63 bits per heavy atom. The second kappa shape index (κ2) is 9.69. The number of rotatable bonds is 8. The summed E-state index contributed by atoms with van der Waals surface area (Å²) in [5.74, 6) is 1.41. The summed E-state index contributed by atoms with van der Waals surface area (Å²) < 4.78 is 12.6. The number of carbonyl (C=O) groups is 2. The van der Waals surface area contributed by atoms with Crippen LogP contribution in [0.2, 0.25) is 0 Å². The lowest BCUT2D eigenvalue weighted by Gasteiger charge is -2.12. The summed E-state index contributed by atoms with van der Waals surface area (Å²) in [5, 5.41) is 6.51. The largest absolute Gasteiger partial charge is 0.497 e. The SMILES string of the molecule is COc1cccc(OCCNC(=O)Nc2ccc3c(ccn3CC(=O)N(C)C)c2)c1. The van der Waals surface area contributed by atoms with Gasteiger partial charge in [0.05, 0.1) is 13.7 Å². The zero-order valence-electron chi connectivity index (χ0n) is 17.3. The van der Waals surface area contributed by atoms with Crippen LogP contribution in [-0.4, -0.2) is 55.8 Å². The van der Waals surface area contributed by atoms with E-state index in [1.54, 1.807) is 32.2 Å². The van der Waals surface area contributed by atoms with Crippen LogP contribution >= 0.6 is 0 Å². The van der Waals surface area contributed by atoms with Gasteiger partial charge in [-0.2, -0.15) is 0 Å². The number of benzene rings is 2. The van der Waals surface area contributed by atoms with Crippen LogP contribution in [0.1, 0.15) is 0 Å². The third-order valence-electron chi connectivity index (χ3n) is 4.53. The molecule has 1 aromatic heterocycles. The number of anilines is 1. The molecule has 158 valence electrons. The first-order chi connectivity index (χ1) is 14.5. The fraction of sp³-hybridized carbons (Fsp3) is 0.273. The molecule has 2 N–H and O–H groups in total. The zero-order valence-corrected chi connectivity index (χ0v) is 17.3. The van der Waals surface area contributed by atoms with E-state index in [9.17, 15) is 9.59 Å². The number of fused-ring (bicyclic) bond motifs is 1. The molecule has 0 saturated carbocycles. The van der Waals surface area contributed by atoms with Crippen molar-refractivity contribution in [3.63, 3.8) is 0 Å². The Kier molecular flexibility index (Phi) is 6.79. The van der Waals surface area contributed by atoms with Gasteiger partial charge in [0.1, 0.15) is 24.7 Å². The molecule has 0 bridgehead atoms. The number of likely N-dealkylation sites (N-methyl/N-ethyl adjacent to an activating group) is 1. The van der Waals surface area contributed by atoms with E-state index in [1.807, 2.05) is 53.2 Å². The van der Waals surface area contributed by atoms with E-state index in [4.69, 9.17) is 9.47 Å². The van der Waals surface area contributed by atoms with Gasteiger partial charge in [-0.15, -0.1) is 0 Å². The number of carbonyl (C=O) groups excluding carboxylic acids is 2. The fourth-order valence-corrected chi connectivity index (χ4v) is 2.90. The quantitative estimate of drug-likeness (QED) is 0.559. The minimum absolute atomic E-state index is 0.0187. The number of hydrogen-bond acceptors (Lipinski definition) is 4. The second-order valence-electron chi connectivity index (χ2n) is 6.91. The number of nitrogens with zero attached hydrogens (tertiary/aromatic N) is 2. The first-order valence-electron chi connectivity index (χ1n) is 9.57. The van der Waals surface area contributed by atoms with Gasteiger partial charge in [-0.1, -0.05) is 6.07 Å². The van der Waals surface area contributed by atoms with E-state index in [1.165, 1.54) is 0 Å². The number of aromatic nitrogens is 1. The molecule has 8 nitrogen and oxygen atoms in total. The van der Waals surface area contributed by atoms with Crippen molar-refractivity contribution >= 4 is 28.5 Å². The summed E-state index contributed by atoms with van der Waals surface area (Å²) >= 11 is 0. The molecular formula is C22H26N4O4. The Labute approximate surface area is 175 Å². The van der Waals surface area contributed by atoms with Gasteiger partial charge in [-0.05, 0) is 36.4 Å². The average Bonchev–Trinajstić information content (AvgIpc) is 3.13. The topological polar surface area (TPSA) is 84.8 Å². The lowest BCUT2D eigenvalue weighted by molar-refractivity contribution is -0.129. The van der Waals surface area contributed by atoms with E-state index in [0.29, 0.717) is 30.3 Å². The molecule has 0 aliphatic carbocycles. The van der Waals surface area contributed by atoms with Gasteiger partial charge in [0, 0.05) is 42.9 Å². The van der Waals surface area contributed by atoms with E-state index < -0.39 is 0 Å². The van der Waals surface area contributed by atoms with Crippen LogP contribution in [0.4, 0.5) is 10.5 Å². The van der Waals surface area contributed by atoms with Crippen LogP contribution in [0.5, 0.6) is 11.5 Å². The zero-order chi connectivity index (χ0) is 21.5. The summed E-state index contributed by atoms with van der Waals surface area (Å²) in [5.41, 5.74) is 1.60. The molecule has 3 amide bonds. The Morgan fingerprint density at radius 1 is 1.07 bits per heavy atom. The van der Waals surface area contributed by atoms with Gasteiger partial charge >= 0.3 is 6.03 Å². The fourth-order valence-electron chi connectivity index (χ4n) is 2.90. The average molecular weight is 410 g/mol. The van der Waals surface area contributed by atoms with Gasteiger partial charge in [0.15, 0.2) is 0 Å². The van der Waals surface area contributed by atoms with Crippen LogP contribution < -0.4 is 20.1 Å². The van der Waals surface area contributed by atoms with Crippen LogP contribution in [0.3, 0.4) is 0 Å². The lowest BCUT2D eigenvalue weighted by Crippen LogP contribution is -2.32. The first kappa shape index (κ1) is 21.0. The van der Waals surface area contributed by atoms with E-state index >= 15 is 0 Å². The predicted molar refractivity (Wildman–Crippen MR) is 116 cm³/mol. The van der Waals surface area contributed by atoms with Crippen molar-refractivity contribution in [1.82, 2.24) is 14.8 Å². The van der Waals surface area contributed by atoms with Crippen LogP contribution in [0.15, 0.2) is 54.7 Å². The minimum atomic E-state index is -0.314. The standard InChI is InChI=1S/C22H26N4O4/c1-25(2)21(27)15-26-11-9-16-13-17(7-8-20(16)26)24-22(28)23-10-12-30-19-6-4-5-18(14-19)29-3/h4-9,11,13-14H,10,12,15H2,1-3H3,(H2,23,24,28). The molecule has 0 saturated heterocycles. The van der Waals surface area contributed by atoms with Gasteiger partial charge in [-0.25, -0.2) is 4.79 Å². The highest BCUT2D eigenvalue weighted by molar-refractivity contribution is 5.93. The molecule has 30 heavy (non-hydrogen) atoms.